The number of carbonyl (C=O) groups excluding carboxylic acids is 2. The van der Waals surface area contributed by atoms with E-state index in [1.54, 1.807) is 44.7 Å². The molecule has 0 aromatic carbocycles. The largest absolute Gasteiger partial charge is 0.674 e. The molecule has 1 radical (unpaired) electrons. The number of amides is 1. The van der Waals surface area contributed by atoms with Crippen LogP contribution in [0.1, 0.15) is 60.8 Å². The average molecular weight is 709 g/mol. The Kier molecular flexibility index (Phi) is 13.0. The Hall–Kier alpha value is -0.758. The summed E-state index contributed by atoms with van der Waals surface area (Å²) >= 11 is 5.45. The molecule has 1 unspecified atom stereocenters. The minimum Gasteiger partial charge on any atom is -0.674 e. The van der Waals surface area contributed by atoms with Crippen LogP contribution in [0.25, 0.3) is 5.73 Å². The van der Waals surface area contributed by atoms with Crippen LogP contribution in [0.2, 0.25) is 0 Å². The third-order valence-corrected chi connectivity index (χ3v) is 6.27. The van der Waals surface area contributed by atoms with E-state index in [4.69, 9.17) is 32.2 Å². The Bertz CT molecular complexity index is 798. The number of hydrogen-bond acceptors (Lipinski definition) is 7. The van der Waals surface area contributed by atoms with Gasteiger partial charge in [0.25, 0.3) is 5.17 Å². The summed E-state index contributed by atoms with van der Waals surface area (Å²) in [4.78, 5) is 29.5. The van der Waals surface area contributed by atoms with Gasteiger partial charge in [0.15, 0.2) is 0 Å². The van der Waals surface area contributed by atoms with E-state index in [-0.39, 0.29) is 68.2 Å². The summed E-state index contributed by atoms with van der Waals surface area (Å²) in [7, 11) is 0. The molecule has 11 heteroatoms. The van der Waals surface area contributed by atoms with Crippen molar-refractivity contribution < 1.29 is 67.9 Å². The van der Waals surface area contributed by atoms with E-state index in [1.807, 2.05) is 13.8 Å². The van der Waals surface area contributed by atoms with E-state index < -0.39 is 47.7 Å². The molecule has 1 heterocycles. The number of nitrogens with one attached hydrogen (secondary N) is 2. The van der Waals surface area contributed by atoms with Crippen LogP contribution in [0.4, 0.5) is 4.79 Å². The maximum Gasteiger partial charge on any atom is 0.407 e. The zero-order valence-corrected chi connectivity index (χ0v) is 26.5. The van der Waals surface area contributed by atoms with Crippen LogP contribution in [-0.4, -0.2) is 57.2 Å². The SMILES string of the molecule is CCOC(=O)[C@H]1C[C@@H](NC(=O)OC(C)(C)C)[C@H](C([NH-])C(CC)CC)[C@@H]1OC(=S)n1ccnc1.[Ac]. The predicted octanol–water partition coefficient (Wildman–Crippen LogP) is 4.35. The van der Waals surface area contributed by atoms with Gasteiger partial charge >= 0.3 is 12.1 Å². The molecule has 2 rings (SSSR count). The average Bonchev–Trinajstić information content (AvgIpc) is 3.36. The molecule has 1 aliphatic carbocycles. The fourth-order valence-electron chi connectivity index (χ4n) is 4.43. The van der Waals surface area contributed by atoms with Gasteiger partial charge in [-0.25, -0.2) is 9.78 Å². The predicted molar refractivity (Wildman–Crippen MR) is 129 cm³/mol. The van der Waals surface area contributed by atoms with Crippen molar-refractivity contribution in [2.75, 3.05) is 6.61 Å². The molecule has 1 aromatic heterocycles. The van der Waals surface area contributed by atoms with Crippen LogP contribution < -0.4 is 5.32 Å². The molecule has 189 valence electrons. The Morgan fingerprint density at radius 1 is 1.26 bits per heavy atom. The van der Waals surface area contributed by atoms with Crippen molar-refractivity contribution in [2.24, 2.45) is 17.8 Å². The molecule has 0 aliphatic heterocycles. The number of hydrogen-bond donors (Lipinski definition) is 1. The van der Waals surface area contributed by atoms with Gasteiger partial charge in [0.05, 0.1) is 12.5 Å². The number of nitrogens with zero attached hydrogens (tertiary/aromatic N) is 2. The third-order valence-electron chi connectivity index (χ3n) is 5.96. The van der Waals surface area contributed by atoms with Gasteiger partial charge in [0, 0.05) is 68.4 Å². The van der Waals surface area contributed by atoms with Gasteiger partial charge in [-0.3, -0.25) is 9.36 Å². The van der Waals surface area contributed by atoms with Crippen molar-refractivity contribution in [3.8, 4) is 0 Å². The molecule has 9 nitrogen and oxygen atoms in total. The Morgan fingerprint density at radius 3 is 2.41 bits per heavy atom. The van der Waals surface area contributed by atoms with Crippen molar-refractivity contribution in [3.63, 3.8) is 0 Å². The quantitative estimate of drug-likeness (QED) is 0.316. The zero-order valence-electron chi connectivity index (χ0n) is 20.9. The number of thiocarbonyl (C=S) groups is 1. The molecule has 1 aliphatic rings. The van der Waals surface area contributed by atoms with E-state index in [9.17, 15) is 9.59 Å². The van der Waals surface area contributed by atoms with Crippen LogP contribution in [0.5, 0.6) is 0 Å². The molecule has 1 aromatic rings. The first-order chi connectivity index (χ1) is 15.5. The molecule has 0 saturated heterocycles. The number of aromatic nitrogens is 2. The van der Waals surface area contributed by atoms with Crippen LogP contribution in [-0.2, 0) is 19.0 Å². The smallest absolute Gasteiger partial charge is 0.407 e. The number of carbonyl (C=O) groups is 2. The van der Waals surface area contributed by atoms with E-state index in [0.29, 0.717) is 0 Å². The van der Waals surface area contributed by atoms with Gasteiger partial charge in [0.2, 0.25) is 0 Å². The molecule has 2 N–H and O–H groups in total. The van der Waals surface area contributed by atoms with Crippen LogP contribution in [0.15, 0.2) is 18.7 Å². The Balaban J connectivity index is 0.00000578. The van der Waals surface area contributed by atoms with Crippen LogP contribution >= 0.6 is 12.2 Å². The zero-order chi connectivity index (χ0) is 24.8. The molecule has 1 fully saturated rings. The topological polar surface area (TPSA) is 115 Å². The van der Waals surface area contributed by atoms with E-state index >= 15 is 0 Å². The monoisotopic (exact) mass is 708 g/mol. The van der Waals surface area contributed by atoms with Crippen LogP contribution in [0, 0.1) is 61.8 Å². The van der Waals surface area contributed by atoms with Crippen molar-refractivity contribution in [1.82, 2.24) is 14.9 Å². The summed E-state index contributed by atoms with van der Waals surface area (Å²) in [5, 5.41) is 3.03. The van der Waals surface area contributed by atoms with Gasteiger partial charge in [-0.15, -0.1) is 6.04 Å². The summed E-state index contributed by atoms with van der Waals surface area (Å²) in [5.74, 6) is -1.53. The minimum atomic E-state index is -0.734. The Labute approximate surface area is 243 Å². The molecular formula is C23H37AcN4O5S-. The second-order valence-electron chi connectivity index (χ2n) is 9.35. The first-order valence-electron chi connectivity index (χ1n) is 11.6. The van der Waals surface area contributed by atoms with Gasteiger partial charge in [0.1, 0.15) is 18.0 Å². The standard InChI is InChI=1S/C23H37N4O5S.Ac/c1-7-14(8-2)18(24)17-16(26-21(29)32-23(4,5)6)12-15(20(28)30-9-3)19(17)31-22(33)27-11-10-25-13-27;/h10-11,13-19,24H,7-9,12H2,1-6H3,(H,26,29);/q-1;/t15-,16+,17+,18?,19+;/m0./s1. The van der Waals surface area contributed by atoms with Gasteiger partial charge in [-0.2, -0.15) is 0 Å². The maximum absolute atomic E-state index is 12.9. The summed E-state index contributed by atoms with van der Waals surface area (Å²) in [6.45, 7) is 11.4. The molecule has 0 bridgehead atoms. The number of esters is 1. The maximum atomic E-state index is 12.9. The first-order valence-corrected chi connectivity index (χ1v) is 12.0. The normalized spacial score (nSPS) is 23.1. The van der Waals surface area contributed by atoms with Crippen molar-refractivity contribution in [2.45, 2.75) is 84.6 Å². The molecule has 1 saturated carbocycles. The summed E-state index contributed by atoms with van der Waals surface area (Å²) in [6.07, 6.45) is 5.29. The second-order valence-corrected chi connectivity index (χ2v) is 9.69. The summed E-state index contributed by atoms with van der Waals surface area (Å²) in [6, 6.07) is -1.09. The molecule has 5 atom stereocenters. The number of imidazole rings is 1. The van der Waals surface area contributed by atoms with Gasteiger partial charge in [-0.1, -0.05) is 32.6 Å². The van der Waals surface area contributed by atoms with Gasteiger partial charge in [-0.05, 0) is 46.3 Å². The van der Waals surface area contributed by atoms with E-state index in [0.717, 1.165) is 12.8 Å². The molecule has 34 heavy (non-hydrogen) atoms. The fourth-order valence-corrected chi connectivity index (χ4v) is 4.65. The summed E-state index contributed by atoms with van der Waals surface area (Å²) in [5.41, 5.74) is 8.40. The van der Waals surface area contributed by atoms with Crippen molar-refractivity contribution >= 4 is 29.5 Å². The number of rotatable bonds is 8. The van der Waals surface area contributed by atoms with Crippen molar-refractivity contribution in [3.05, 3.63) is 24.5 Å². The Morgan fingerprint density at radius 2 is 1.91 bits per heavy atom. The van der Waals surface area contributed by atoms with Crippen LogP contribution in [0.3, 0.4) is 0 Å². The molecule has 1 amide bonds. The van der Waals surface area contributed by atoms with E-state index in [2.05, 4.69) is 10.3 Å². The first kappa shape index (κ1) is 31.3. The van der Waals surface area contributed by atoms with Crippen molar-refractivity contribution in [1.29, 1.82) is 0 Å². The number of ether oxygens (including phenoxy) is 3. The molecule has 0 spiro atoms. The van der Waals surface area contributed by atoms with E-state index in [1.165, 1.54) is 6.33 Å². The second kappa shape index (κ2) is 14.1. The third kappa shape index (κ3) is 8.42. The van der Waals surface area contributed by atoms with Gasteiger partial charge < -0.3 is 25.3 Å². The fraction of sp³-hybridized carbons (Fsp3) is 0.739. The molecular weight excluding hydrogens is 671 g/mol. The minimum absolute atomic E-state index is 0. The summed E-state index contributed by atoms with van der Waals surface area (Å²) < 4.78 is 18.5. The number of alkyl carbamates (subject to hydrolysis) is 1.